The number of ether oxygens (including phenoxy) is 1. The summed E-state index contributed by atoms with van der Waals surface area (Å²) in [6.45, 7) is 2.66. The van der Waals surface area contributed by atoms with Gasteiger partial charge in [0.15, 0.2) is 0 Å². The third-order valence-electron chi connectivity index (χ3n) is 4.71. The van der Waals surface area contributed by atoms with Crippen LogP contribution in [-0.2, 0) is 25.8 Å². The van der Waals surface area contributed by atoms with Gasteiger partial charge in [-0.25, -0.2) is 4.79 Å². The monoisotopic (exact) mass is 425 g/mol. The molecule has 0 saturated carbocycles. The molecule has 0 N–H and O–H groups in total. The van der Waals surface area contributed by atoms with Crippen molar-refractivity contribution in [2.75, 3.05) is 6.54 Å². The van der Waals surface area contributed by atoms with Crippen molar-refractivity contribution in [3.63, 3.8) is 0 Å². The van der Waals surface area contributed by atoms with Crippen molar-refractivity contribution in [1.29, 1.82) is 0 Å². The van der Waals surface area contributed by atoms with Crippen molar-refractivity contribution < 1.29 is 24.0 Å². The van der Waals surface area contributed by atoms with Gasteiger partial charge in [0.25, 0.3) is 5.91 Å². The van der Waals surface area contributed by atoms with Gasteiger partial charge in [-0.3, -0.25) is 9.59 Å². The zero-order chi connectivity index (χ0) is 22.3. The largest absolute Gasteiger partial charge is 0.461 e. The van der Waals surface area contributed by atoms with E-state index in [4.69, 9.17) is 9.57 Å². The maximum absolute atomic E-state index is 12.6. The van der Waals surface area contributed by atoms with E-state index >= 15 is 0 Å². The molecule has 2 rings (SSSR count). The number of esters is 1. The number of hydroxylamine groups is 2. The van der Waals surface area contributed by atoms with E-state index in [1.807, 2.05) is 30.3 Å². The maximum Gasteiger partial charge on any atom is 0.363 e. The molecule has 0 heterocycles. The summed E-state index contributed by atoms with van der Waals surface area (Å²) < 4.78 is 5.24. The highest BCUT2D eigenvalue weighted by molar-refractivity contribution is 5.90. The van der Waals surface area contributed by atoms with E-state index in [-0.39, 0.29) is 31.3 Å². The van der Waals surface area contributed by atoms with Crippen molar-refractivity contribution in [3.8, 4) is 0 Å². The molecule has 166 valence electrons. The molecule has 0 spiro atoms. The van der Waals surface area contributed by atoms with Gasteiger partial charge in [-0.2, -0.15) is 5.06 Å². The van der Waals surface area contributed by atoms with Gasteiger partial charge in [0.2, 0.25) is 0 Å². The number of hydrogen-bond donors (Lipinski definition) is 0. The van der Waals surface area contributed by atoms with Crippen molar-refractivity contribution in [2.45, 2.75) is 58.5 Å². The molecular weight excluding hydrogens is 394 g/mol. The Morgan fingerprint density at radius 1 is 0.806 bits per heavy atom. The topological polar surface area (TPSA) is 72.9 Å². The van der Waals surface area contributed by atoms with Crippen LogP contribution in [-0.4, -0.2) is 29.5 Å². The van der Waals surface area contributed by atoms with Crippen LogP contribution < -0.4 is 0 Å². The number of rotatable bonds is 12. The van der Waals surface area contributed by atoms with Crippen molar-refractivity contribution >= 4 is 17.8 Å². The normalized spacial score (nSPS) is 10.4. The molecule has 6 heteroatoms. The molecule has 0 aliphatic rings. The Morgan fingerprint density at radius 2 is 1.48 bits per heavy atom. The van der Waals surface area contributed by atoms with Crippen LogP contribution in [0.15, 0.2) is 60.7 Å². The number of carbonyl (C=O) groups is 3. The van der Waals surface area contributed by atoms with Gasteiger partial charge in [-0.05, 0) is 30.5 Å². The van der Waals surface area contributed by atoms with E-state index in [0.29, 0.717) is 18.5 Å². The highest BCUT2D eigenvalue weighted by atomic mass is 16.7. The number of carbonyl (C=O) groups excluding carboxylic acids is 3. The Balaban J connectivity index is 1.80. The molecule has 6 nitrogen and oxygen atoms in total. The highest BCUT2D eigenvalue weighted by Gasteiger charge is 2.20. The number of amides is 1. The van der Waals surface area contributed by atoms with Crippen LogP contribution in [0.25, 0.3) is 0 Å². The van der Waals surface area contributed by atoms with Gasteiger partial charge in [-0.15, -0.1) is 0 Å². The van der Waals surface area contributed by atoms with Crippen LogP contribution in [0, 0.1) is 0 Å². The van der Waals surface area contributed by atoms with Crippen LogP contribution in [0.5, 0.6) is 0 Å². The van der Waals surface area contributed by atoms with Crippen molar-refractivity contribution in [3.05, 3.63) is 71.8 Å². The van der Waals surface area contributed by atoms with Gasteiger partial charge >= 0.3 is 11.9 Å². The number of benzene rings is 2. The smallest absolute Gasteiger partial charge is 0.363 e. The van der Waals surface area contributed by atoms with Crippen LogP contribution in [0.4, 0.5) is 0 Å². The minimum absolute atomic E-state index is 0.107. The Morgan fingerprint density at radius 3 is 2.16 bits per heavy atom. The second-order valence-corrected chi connectivity index (χ2v) is 7.30. The quantitative estimate of drug-likeness (QED) is 0.269. The third kappa shape index (κ3) is 9.47. The number of nitrogens with zero attached hydrogens (tertiary/aromatic N) is 1. The van der Waals surface area contributed by atoms with Crippen LogP contribution in [0.1, 0.15) is 67.8 Å². The molecular formula is C25H31NO5. The summed E-state index contributed by atoms with van der Waals surface area (Å²) in [6.07, 6.45) is 4.41. The lowest BCUT2D eigenvalue weighted by molar-refractivity contribution is -0.168. The third-order valence-corrected chi connectivity index (χ3v) is 4.71. The van der Waals surface area contributed by atoms with Crippen molar-refractivity contribution in [1.82, 2.24) is 5.06 Å². The molecule has 0 fully saturated rings. The molecule has 0 unspecified atom stereocenters. The average molecular weight is 426 g/mol. The Hall–Kier alpha value is -3.15. The number of hydrogen-bond acceptors (Lipinski definition) is 5. The van der Waals surface area contributed by atoms with Gasteiger partial charge in [-0.1, -0.05) is 74.7 Å². The Bertz CT molecular complexity index is 807. The summed E-state index contributed by atoms with van der Waals surface area (Å²) in [6, 6.07) is 18.0. The summed E-state index contributed by atoms with van der Waals surface area (Å²) in [4.78, 5) is 42.3. The summed E-state index contributed by atoms with van der Waals surface area (Å²) in [5.41, 5.74) is 1.30. The van der Waals surface area contributed by atoms with Gasteiger partial charge in [0, 0.05) is 12.8 Å². The first-order valence-corrected chi connectivity index (χ1v) is 10.9. The van der Waals surface area contributed by atoms with Crippen LogP contribution in [0.3, 0.4) is 0 Å². The van der Waals surface area contributed by atoms with Gasteiger partial charge < -0.3 is 9.57 Å². The summed E-state index contributed by atoms with van der Waals surface area (Å²) in [5.74, 6) is -1.23. The fraction of sp³-hybridized carbons (Fsp3) is 0.400. The molecule has 0 saturated heterocycles. The van der Waals surface area contributed by atoms with E-state index in [0.717, 1.165) is 36.3 Å². The minimum Gasteiger partial charge on any atom is -0.461 e. The first-order valence-electron chi connectivity index (χ1n) is 10.9. The summed E-state index contributed by atoms with van der Waals surface area (Å²) in [7, 11) is 0. The molecule has 0 radical (unpaired) electrons. The number of unbranched alkanes of at least 4 members (excludes halogenated alkanes) is 3. The zero-order valence-corrected chi connectivity index (χ0v) is 18.1. The lowest BCUT2D eigenvalue weighted by Gasteiger charge is -2.21. The average Bonchev–Trinajstić information content (AvgIpc) is 2.80. The van der Waals surface area contributed by atoms with E-state index < -0.39 is 5.97 Å². The van der Waals surface area contributed by atoms with E-state index in [1.54, 1.807) is 30.3 Å². The summed E-state index contributed by atoms with van der Waals surface area (Å²) in [5, 5.41) is 1.14. The molecule has 31 heavy (non-hydrogen) atoms. The maximum atomic E-state index is 12.6. The van der Waals surface area contributed by atoms with Crippen LogP contribution >= 0.6 is 0 Å². The predicted molar refractivity (Wildman–Crippen MR) is 118 cm³/mol. The van der Waals surface area contributed by atoms with Crippen LogP contribution in [0.2, 0.25) is 0 Å². The molecule has 0 aliphatic carbocycles. The first kappa shape index (κ1) is 24.1. The Kier molecular flexibility index (Phi) is 10.9. The van der Waals surface area contributed by atoms with Gasteiger partial charge in [0.05, 0.1) is 12.1 Å². The molecule has 0 aliphatic heterocycles. The van der Waals surface area contributed by atoms with Gasteiger partial charge in [0.1, 0.15) is 6.61 Å². The minimum atomic E-state index is -0.563. The summed E-state index contributed by atoms with van der Waals surface area (Å²) >= 11 is 0. The zero-order valence-electron chi connectivity index (χ0n) is 18.1. The SMILES string of the molecule is CCCCCCN(OC(=O)c1ccccc1)C(=O)CCCC(=O)OCc1ccccc1. The molecule has 0 aromatic heterocycles. The molecule has 1 amide bonds. The first-order chi connectivity index (χ1) is 15.1. The predicted octanol–water partition coefficient (Wildman–Crippen LogP) is 5.08. The molecule has 0 atom stereocenters. The molecule has 0 bridgehead atoms. The van der Waals surface area contributed by atoms with E-state index in [1.165, 1.54) is 0 Å². The van der Waals surface area contributed by atoms with E-state index in [9.17, 15) is 14.4 Å². The standard InChI is InChI=1S/C25H31NO5/c1-2-3-4-11-19-26(31-25(29)22-15-9-6-10-16-22)23(27)17-12-18-24(28)30-20-21-13-7-5-8-14-21/h5-10,13-16H,2-4,11-12,17-20H2,1H3. The lowest BCUT2D eigenvalue weighted by Crippen LogP contribution is -2.34. The second kappa shape index (κ2) is 14.0. The van der Waals surface area contributed by atoms with Crippen molar-refractivity contribution in [2.24, 2.45) is 0 Å². The highest BCUT2D eigenvalue weighted by Crippen LogP contribution is 2.11. The lowest BCUT2D eigenvalue weighted by atomic mass is 10.2. The second-order valence-electron chi connectivity index (χ2n) is 7.30. The molecule has 2 aromatic rings. The fourth-order valence-corrected chi connectivity index (χ4v) is 2.95. The molecule has 2 aromatic carbocycles. The van der Waals surface area contributed by atoms with E-state index in [2.05, 4.69) is 6.92 Å². The Labute approximate surface area is 184 Å². The fourth-order valence-electron chi connectivity index (χ4n) is 2.95.